The van der Waals surface area contributed by atoms with Gasteiger partial charge in [0.1, 0.15) is 8.07 Å². The third kappa shape index (κ3) is 3.19. The summed E-state index contributed by atoms with van der Waals surface area (Å²) in [6.07, 6.45) is 6.13. The zero-order valence-corrected chi connectivity index (χ0v) is 19.6. The molecule has 0 heterocycles. The van der Waals surface area contributed by atoms with E-state index in [9.17, 15) is 0 Å². The highest BCUT2D eigenvalue weighted by molar-refractivity contribution is 7.15. The Morgan fingerprint density at radius 2 is 0.893 bits per heavy atom. The molecule has 0 N–H and O–H groups in total. The van der Waals surface area contributed by atoms with Crippen molar-refractivity contribution in [2.75, 3.05) is 0 Å². The minimum absolute atomic E-state index is 0.306. The first kappa shape index (κ1) is 20.1. The predicted octanol–water partition coefficient (Wildman–Crippen LogP) is 3.39. The van der Waals surface area contributed by atoms with Crippen molar-refractivity contribution in [3.8, 4) is 0 Å². The van der Waals surface area contributed by atoms with Gasteiger partial charge in [-0.3, -0.25) is 0 Å². The Morgan fingerprint density at radius 1 is 0.607 bits per heavy atom. The molecule has 140 valence electrons. The van der Waals surface area contributed by atoms with Gasteiger partial charge >= 0.3 is 0 Å². The minimum Gasteiger partial charge on any atom is -0.102 e. The highest BCUT2D eigenvalue weighted by atomic mass is 28.4. The Hall–Kier alpha value is -2.69. The van der Waals surface area contributed by atoms with Crippen molar-refractivity contribution >= 4 is 33.9 Å². The van der Waals surface area contributed by atoms with Crippen LogP contribution in [0.5, 0.6) is 0 Å². The van der Waals surface area contributed by atoms with Crippen molar-refractivity contribution < 1.29 is 0 Å². The van der Waals surface area contributed by atoms with Crippen LogP contribution in [0.2, 0.25) is 5.16 Å². The third-order valence-corrected chi connectivity index (χ3v) is 15.3. The van der Waals surface area contributed by atoms with Gasteiger partial charge in [-0.15, -0.1) is 19.7 Å². The van der Waals surface area contributed by atoms with Gasteiger partial charge < -0.3 is 0 Å². The molecule has 1 atom stereocenters. The lowest BCUT2D eigenvalue weighted by Gasteiger charge is -2.46. The van der Waals surface area contributed by atoms with Crippen LogP contribution in [0.25, 0.3) is 0 Å². The molecule has 0 aliphatic heterocycles. The maximum absolute atomic E-state index is 4.19. The average Bonchev–Trinajstić information content (AvgIpc) is 2.78. The van der Waals surface area contributed by atoms with E-state index in [1.54, 1.807) is 0 Å². The molecule has 1 unspecified atom stereocenters. The van der Waals surface area contributed by atoms with Crippen molar-refractivity contribution in [2.24, 2.45) is 5.41 Å². The van der Waals surface area contributed by atoms with Crippen LogP contribution >= 0.6 is 0 Å². The lowest BCUT2D eigenvalue weighted by atomic mass is 9.91. The number of hydrogen-bond donors (Lipinski definition) is 0. The van der Waals surface area contributed by atoms with Gasteiger partial charge in [-0.05, 0) is 20.7 Å². The molecule has 2 heteroatoms. The molecule has 3 aromatic carbocycles. The Balaban J connectivity index is 2.46. The molecule has 0 fully saturated rings. The number of allylic oxidation sites excluding steroid dienone is 3. The summed E-state index contributed by atoms with van der Waals surface area (Å²) >= 11 is 0. The molecular weight excluding hydrogens is 368 g/mol. The first-order valence-electron chi connectivity index (χ1n) is 9.73. The SMILES string of the molecule is C=CC(C=C)(C=C)C([SiH3])[Si](c1ccccc1)(c1ccccc1)c1ccccc1. The zero-order valence-electron chi connectivity index (χ0n) is 16.6. The van der Waals surface area contributed by atoms with Crippen molar-refractivity contribution in [1.82, 2.24) is 0 Å². The van der Waals surface area contributed by atoms with Crippen LogP contribution in [0.1, 0.15) is 0 Å². The first-order valence-corrected chi connectivity index (χ1v) is 13.0. The normalized spacial score (nSPS) is 12.9. The van der Waals surface area contributed by atoms with Crippen molar-refractivity contribution in [3.05, 3.63) is 129 Å². The van der Waals surface area contributed by atoms with Gasteiger partial charge in [0.15, 0.2) is 0 Å². The molecule has 0 radical (unpaired) electrons. The predicted molar refractivity (Wildman–Crippen MR) is 131 cm³/mol. The van der Waals surface area contributed by atoms with Crippen LogP contribution in [0.3, 0.4) is 0 Å². The lowest BCUT2D eigenvalue weighted by molar-refractivity contribution is 0.673. The molecule has 0 aliphatic carbocycles. The van der Waals surface area contributed by atoms with E-state index in [1.807, 2.05) is 18.2 Å². The molecular formula is C26H28Si2. The van der Waals surface area contributed by atoms with Crippen molar-refractivity contribution in [2.45, 2.75) is 5.16 Å². The molecule has 28 heavy (non-hydrogen) atoms. The monoisotopic (exact) mass is 396 g/mol. The van der Waals surface area contributed by atoms with Gasteiger partial charge in [0, 0.05) is 15.7 Å². The van der Waals surface area contributed by atoms with Gasteiger partial charge in [-0.2, -0.15) is 0 Å². The standard InChI is InChI=1S/C26H28Si2/c1-4-26(5-2,6-3)25(27)28(22-16-10-7-11-17-22,23-18-12-8-13-19-23)24-20-14-9-15-21-24/h4-21,25H,1-3H2,27H3. The van der Waals surface area contributed by atoms with Crippen LogP contribution < -0.4 is 15.6 Å². The van der Waals surface area contributed by atoms with E-state index in [1.165, 1.54) is 15.6 Å². The summed E-state index contributed by atoms with van der Waals surface area (Å²) in [4.78, 5) is 0. The summed E-state index contributed by atoms with van der Waals surface area (Å²) in [6, 6.07) is 33.1. The summed E-state index contributed by atoms with van der Waals surface area (Å²) in [5, 5.41) is 4.63. The molecule has 0 saturated heterocycles. The molecule has 0 spiro atoms. The summed E-state index contributed by atoms with van der Waals surface area (Å²) in [7, 11) is -1.39. The molecule has 0 amide bonds. The molecule has 0 saturated carbocycles. The number of benzene rings is 3. The second-order valence-corrected chi connectivity index (χ2v) is 13.8. The fourth-order valence-corrected chi connectivity index (χ4v) is 14.0. The highest BCUT2D eigenvalue weighted by Crippen LogP contribution is 2.40. The van der Waals surface area contributed by atoms with Crippen LogP contribution in [-0.4, -0.2) is 18.3 Å². The topological polar surface area (TPSA) is 0 Å². The fourth-order valence-electron chi connectivity index (χ4n) is 4.51. The van der Waals surface area contributed by atoms with Gasteiger partial charge in [-0.1, -0.05) is 109 Å². The summed E-state index contributed by atoms with van der Waals surface area (Å²) in [6.45, 7) is 12.6. The third-order valence-electron chi connectivity index (χ3n) is 6.15. The summed E-state index contributed by atoms with van der Waals surface area (Å²) in [5.41, 5.74) is -0.306. The van der Waals surface area contributed by atoms with E-state index in [0.717, 1.165) is 10.2 Å². The molecule has 0 bridgehead atoms. The number of hydrogen-bond acceptors (Lipinski definition) is 0. The second kappa shape index (κ2) is 8.55. The lowest BCUT2D eigenvalue weighted by Crippen LogP contribution is -2.72. The van der Waals surface area contributed by atoms with Crippen LogP contribution in [0.4, 0.5) is 0 Å². The smallest absolute Gasteiger partial charge is 0.102 e. The van der Waals surface area contributed by atoms with Crippen molar-refractivity contribution in [3.63, 3.8) is 0 Å². The highest BCUT2D eigenvalue weighted by Gasteiger charge is 2.50. The Labute approximate surface area is 173 Å². The average molecular weight is 397 g/mol. The Bertz CT molecular complexity index is 812. The quantitative estimate of drug-likeness (QED) is 0.311. The van der Waals surface area contributed by atoms with Crippen LogP contribution in [0, 0.1) is 5.41 Å². The molecule has 0 aliphatic rings. The van der Waals surface area contributed by atoms with Crippen molar-refractivity contribution in [1.29, 1.82) is 0 Å². The number of rotatable bonds is 8. The van der Waals surface area contributed by atoms with E-state index in [4.69, 9.17) is 0 Å². The van der Waals surface area contributed by atoms with Gasteiger partial charge in [-0.25, -0.2) is 0 Å². The maximum Gasteiger partial charge on any atom is 0.149 e. The van der Waals surface area contributed by atoms with E-state index in [0.29, 0.717) is 5.16 Å². The summed E-state index contributed by atoms with van der Waals surface area (Å²) in [5.74, 6) is 0. The van der Waals surface area contributed by atoms with E-state index in [-0.39, 0.29) is 5.41 Å². The molecule has 0 nitrogen and oxygen atoms in total. The molecule has 0 aromatic heterocycles. The molecule has 3 aromatic rings. The van der Waals surface area contributed by atoms with E-state index < -0.39 is 8.07 Å². The van der Waals surface area contributed by atoms with Crippen LogP contribution in [-0.2, 0) is 0 Å². The first-order chi connectivity index (χ1) is 13.7. The fraction of sp³-hybridized carbons (Fsp3) is 0.0769. The minimum atomic E-state index is -2.38. The molecule has 3 rings (SSSR count). The zero-order chi connectivity index (χ0) is 20.0. The summed E-state index contributed by atoms with van der Waals surface area (Å²) < 4.78 is 0. The van der Waals surface area contributed by atoms with E-state index >= 15 is 0 Å². The largest absolute Gasteiger partial charge is 0.149 e. The van der Waals surface area contributed by atoms with Gasteiger partial charge in [0.05, 0.1) is 0 Å². The Morgan fingerprint density at radius 3 is 1.14 bits per heavy atom. The van der Waals surface area contributed by atoms with Gasteiger partial charge in [0.25, 0.3) is 0 Å². The van der Waals surface area contributed by atoms with Crippen LogP contribution in [0.15, 0.2) is 129 Å². The second-order valence-electron chi connectivity index (χ2n) is 7.24. The van der Waals surface area contributed by atoms with Gasteiger partial charge in [0.2, 0.25) is 0 Å². The Kier molecular flexibility index (Phi) is 6.13. The van der Waals surface area contributed by atoms with E-state index in [2.05, 4.69) is 111 Å². The maximum atomic E-state index is 4.19.